The topological polar surface area (TPSA) is 9.72 Å². The van der Waals surface area contributed by atoms with Crippen LogP contribution in [0.2, 0.25) is 0 Å². The standard InChI is InChI=1S/C43H31BFN3/c1-30-13-8-10-19-38(30)46(34-25-23-31(45)24-26-34)35-27-28-37-42(29-35)48(33-16-6-3-7-17-33)41-22-12-21-40-43(41)44(37)36-18-9-11-20-39(36)47(40)32-14-4-2-5-15-32/h2-29H,1H3. The van der Waals surface area contributed by atoms with E-state index in [1.807, 2.05) is 12.1 Å². The van der Waals surface area contributed by atoms with E-state index in [9.17, 15) is 4.39 Å². The van der Waals surface area contributed by atoms with Crippen LogP contribution in [0.1, 0.15) is 5.56 Å². The molecular formula is C43H31BFN3. The number of anilines is 9. The van der Waals surface area contributed by atoms with Gasteiger partial charge in [0.25, 0.3) is 6.71 Å². The van der Waals surface area contributed by atoms with E-state index in [1.54, 1.807) is 0 Å². The molecular weight excluding hydrogens is 588 g/mol. The van der Waals surface area contributed by atoms with Crippen molar-refractivity contribution in [2.45, 2.75) is 6.92 Å². The summed E-state index contributed by atoms with van der Waals surface area (Å²) in [5.41, 5.74) is 14.8. The largest absolute Gasteiger partial charge is 0.311 e. The average molecular weight is 620 g/mol. The summed E-state index contributed by atoms with van der Waals surface area (Å²) >= 11 is 0. The van der Waals surface area contributed by atoms with E-state index in [0.717, 1.165) is 45.4 Å². The van der Waals surface area contributed by atoms with E-state index >= 15 is 0 Å². The van der Waals surface area contributed by atoms with Crippen molar-refractivity contribution in [2.75, 3.05) is 14.7 Å². The van der Waals surface area contributed by atoms with Gasteiger partial charge in [-0.05, 0) is 114 Å². The third-order valence-corrected chi connectivity index (χ3v) is 9.61. The van der Waals surface area contributed by atoms with Crippen LogP contribution >= 0.6 is 0 Å². The predicted molar refractivity (Wildman–Crippen MR) is 200 cm³/mol. The molecule has 228 valence electrons. The van der Waals surface area contributed by atoms with Gasteiger partial charge in [-0.2, -0.15) is 0 Å². The van der Waals surface area contributed by atoms with Crippen LogP contribution < -0.4 is 31.1 Å². The van der Waals surface area contributed by atoms with E-state index in [0.29, 0.717) is 0 Å². The van der Waals surface area contributed by atoms with Gasteiger partial charge in [-0.1, -0.05) is 84.9 Å². The fraction of sp³-hybridized carbons (Fsp3) is 0.0233. The molecule has 0 spiro atoms. The van der Waals surface area contributed by atoms with Crippen molar-refractivity contribution in [1.29, 1.82) is 0 Å². The lowest BCUT2D eigenvalue weighted by atomic mass is 9.33. The lowest BCUT2D eigenvalue weighted by molar-refractivity contribution is 0.628. The second kappa shape index (κ2) is 11.3. The molecule has 48 heavy (non-hydrogen) atoms. The fourth-order valence-corrected chi connectivity index (χ4v) is 7.55. The van der Waals surface area contributed by atoms with Gasteiger partial charge in [0.1, 0.15) is 5.82 Å². The van der Waals surface area contributed by atoms with Gasteiger partial charge in [-0.25, -0.2) is 4.39 Å². The number of rotatable bonds is 5. The molecule has 0 atom stereocenters. The molecule has 2 aliphatic rings. The maximum Gasteiger partial charge on any atom is 0.252 e. The monoisotopic (exact) mass is 619 g/mol. The van der Waals surface area contributed by atoms with Crippen LogP contribution in [0, 0.1) is 12.7 Å². The normalized spacial score (nSPS) is 12.7. The fourth-order valence-electron chi connectivity index (χ4n) is 7.55. The quantitative estimate of drug-likeness (QED) is 0.178. The van der Waals surface area contributed by atoms with Crippen molar-refractivity contribution in [3.63, 3.8) is 0 Å². The third kappa shape index (κ3) is 4.43. The Morgan fingerprint density at radius 2 is 1.02 bits per heavy atom. The summed E-state index contributed by atoms with van der Waals surface area (Å²) in [6, 6.07) is 58.7. The zero-order valence-corrected chi connectivity index (χ0v) is 26.5. The van der Waals surface area contributed by atoms with Crippen molar-refractivity contribution in [3.05, 3.63) is 181 Å². The molecule has 3 nitrogen and oxygen atoms in total. The van der Waals surface area contributed by atoms with Crippen molar-refractivity contribution in [3.8, 4) is 0 Å². The first kappa shape index (κ1) is 28.2. The second-order valence-corrected chi connectivity index (χ2v) is 12.4. The average Bonchev–Trinajstić information content (AvgIpc) is 3.14. The Balaban J connectivity index is 1.32. The van der Waals surface area contributed by atoms with Crippen LogP contribution in [0.3, 0.4) is 0 Å². The molecule has 0 aliphatic carbocycles. The maximum absolute atomic E-state index is 14.2. The molecule has 0 saturated carbocycles. The van der Waals surface area contributed by atoms with Crippen LogP contribution in [0.5, 0.6) is 0 Å². The Morgan fingerprint density at radius 1 is 0.479 bits per heavy atom. The van der Waals surface area contributed by atoms with Gasteiger partial charge in [-0.15, -0.1) is 0 Å². The van der Waals surface area contributed by atoms with E-state index in [4.69, 9.17) is 0 Å². The highest BCUT2D eigenvalue weighted by Gasteiger charge is 2.43. The summed E-state index contributed by atoms with van der Waals surface area (Å²) in [5.74, 6) is -0.253. The minimum absolute atomic E-state index is 0.0362. The Bertz CT molecular complexity index is 2290. The molecule has 0 bridgehead atoms. The highest BCUT2D eigenvalue weighted by molar-refractivity contribution is 7.00. The first-order chi connectivity index (χ1) is 23.7. The van der Waals surface area contributed by atoms with E-state index in [-0.39, 0.29) is 12.5 Å². The minimum atomic E-state index is -0.253. The molecule has 0 radical (unpaired) electrons. The minimum Gasteiger partial charge on any atom is -0.311 e. The number of para-hydroxylation sites is 4. The molecule has 0 unspecified atom stereocenters. The van der Waals surface area contributed by atoms with E-state index < -0.39 is 0 Å². The molecule has 0 N–H and O–H groups in total. The number of benzene rings is 7. The number of aryl methyl sites for hydroxylation is 1. The zero-order valence-electron chi connectivity index (χ0n) is 26.5. The molecule has 9 rings (SSSR count). The summed E-state index contributed by atoms with van der Waals surface area (Å²) in [7, 11) is 0. The van der Waals surface area contributed by atoms with Crippen LogP contribution in [0.25, 0.3) is 0 Å². The van der Waals surface area contributed by atoms with Crippen molar-refractivity contribution >= 4 is 74.3 Å². The van der Waals surface area contributed by atoms with Gasteiger partial charge < -0.3 is 14.7 Å². The summed E-state index contributed by atoms with van der Waals surface area (Å²) in [6.07, 6.45) is 0. The first-order valence-corrected chi connectivity index (χ1v) is 16.3. The van der Waals surface area contributed by atoms with E-state index in [2.05, 4.69) is 167 Å². The Kier molecular flexibility index (Phi) is 6.65. The van der Waals surface area contributed by atoms with Gasteiger partial charge in [0.05, 0.1) is 0 Å². The Hall–Kier alpha value is -6.07. The number of hydrogen-bond donors (Lipinski definition) is 0. The molecule has 7 aromatic rings. The van der Waals surface area contributed by atoms with Crippen LogP contribution in [0.15, 0.2) is 170 Å². The summed E-state index contributed by atoms with van der Waals surface area (Å²) in [4.78, 5) is 7.05. The first-order valence-electron chi connectivity index (χ1n) is 16.3. The van der Waals surface area contributed by atoms with Crippen LogP contribution in [0.4, 0.5) is 55.6 Å². The molecule has 0 fully saturated rings. The second-order valence-electron chi connectivity index (χ2n) is 12.4. The third-order valence-electron chi connectivity index (χ3n) is 9.61. The number of halogens is 1. The number of nitrogens with zero attached hydrogens (tertiary/aromatic N) is 3. The maximum atomic E-state index is 14.2. The molecule has 0 aromatic heterocycles. The molecule has 2 heterocycles. The van der Waals surface area contributed by atoms with Gasteiger partial charge >= 0.3 is 0 Å². The highest BCUT2D eigenvalue weighted by Crippen LogP contribution is 2.45. The molecule has 7 aromatic carbocycles. The van der Waals surface area contributed by atoms with Gasteiger partial charge in [0.15, 0.2) is 0 Å². The number of fused-ring (bicyclic) bond motifs is 4. The summed E-state index contributed by atoms with van der Waals surface area (Å²) < 4.78 is 14.2. The SMILES string of the molecule is Cc1ccccc1N(c1ccc(F)cc1)c1ccc2c(c1)N(c1ccccc1)c1cccc3c1B2c1ccccc1N3c1ccccc1. The Morgan fingerprint density at radius 3 is 1.71 bits per heavy atom. The van der Waals surface area contributed by atoms with Crippen molar-refractivity contribution in [1.82, 2.24) is 0 Å². The smallest absolute Gasteiger partial charge is 0.252 e. The van der Waals surface area contributed by atoms with Crippen molar-refractivity contribution < 1.29 is 4.39 Å². The zero-order chi connectivity index (χ0) is 32.2. The molecule has 0 amide bonds. The van der Waals surface area contributed by atoms with Gasteiger partial charge in [-0.3, -0.25) is 0 Å². The lowest BCUT2D eigenvalue weighted by Crippen LogP contribution is -2.61. The number of hydrogen-bond acceptors (Lipinski definition) is 3. The van der Waals surface area contributed by atoms with Gasteiger partial charge in [0.2, 0.25) is 0 Å². The Labute approximate surface area is 280 Å². The molecule has 5 heteroatoms. The van der Waals surface area contributed by atoms with Crippen LogP contribution in [-0.4, -0.2) is 6.71 Å². The van der Waals surface area contributed by atoms with E-state index in [1.165, 1.54) is 39.9 Å². The van der Waals surface area contributed by atoms with Crippen LogP contribution in [-0.2, 0) is 0 Å². The molecule has 2 aliphatic heterocycles. The predicted octanol–water partition coefficient (Wildman–Crippen LogP) is 9.69. The molecule has 0 saturated heterocycles. The summed E-state index contributed by atoms with van der Waals surface area (Å²) in [6.45, 7) is 2.16. The lowest BCUT2D eigenvalue weighted by Gasteiger charge is -2.44. The van der Waals surface area contributed by atoms with Crippen molar-refractivity contribution in [2.24, 2.45) is 0 Å². The highest BCUT2D eigenvalue weighted by atomic mass is 19.1. The van der Waals surface area contributed by atoms with Gasteiger partial charge in [0, 0.05) is 51.2 Å². The summed E-state index contributed by atoms with van der Waals surface area (Å²) in [5, 5.41) is 0.